The average Bonchev–Trinajstić information content (AvgIpc) is 2.79. The van der Waals surface area contributed by atoms with Crippen molar-refractivity contribution in [2.24, 2.45) is 5.92 Å². The zero-order chi connectivity index (χ0) is 21.5. The number of nitrogens with one attached hydrogen (secondary N) is 2. The van der Waals surface area contributed by atoms with Crippen LogP contribution in [0.4, 0.5) is 16.2 Å². The highest BCUT2D eigenvalue weighted by Crippen LogP contribution is 2.40. The standard InChI is InChI=1S/C22H27N3O5/c1-28-18-12-17(13-19(29-2)20(18)30-3)23-21(26)15-8-7-11-25(14-15)22(27)24-16-9-5-4-6-10-16/h4-6,9-10,12-13,15H,7-8,11,14H2,1-3H3,(H,23,26)(H,24,27). The molecule has 0 saturated carbocycles. The van der Waals surface area contributed by atoms with Gasteiger partial charge in [0.15, 0.2) is 11.5 Å². The number of hydrogen-bond donors (Lipinski definition) is 2. The number of benzene rings is 2. The fraction of sp³-hybridized carbons (Fsp3) is 0.364. The van der Waals surface area contributed by atoms with Crippen LogP contribution in [0.2, 0.25) is 0 Å². The second-order valence-electron chi connectivity index (χ2n) is 6.98. The van der Waals surface area contributed by atoms with Crippen LogP contribution in [-0.2, 0) is 4.79 Å². The molecule has 160 valence electrons. The lowest BCUT2D eigenvalue weighted by Crippen LogP contribution is -2.45. The first-order valence-corrected chi connectivity index (χ1v) is 9.77. The quantitative estimate of drug-likeness (QED) is 0.755. The monoisotopic (exact) mass is 413 g/mol. The van der Waals surface area contributed by atoms with Gasteiger partial charge in [0.05, 0.1) is 27.2 Å². The molecule has 1 unspecified atom stereocenters. The van der Waals surface area contributed by atoms with Crippen LogP contribution in [0.15, 0.2) is 42.5 Å². The summed E-state index contributed by atoms with van der Waals surface area (Å²) in [5.74, 6) is 0.916. The molecule has 2 aromatic rings. The van der Waals surface area contributed by atoms with Gasteiger partial charge in [0, 0.05) is 36.6 Å². The van der Waals surface area contributed by atoms with Crippen LogP contribution in [0.1, 0.15) is 12.8 Å². The molecule has 0 bridgehead atoms. The number of carbonyl (C=O) groups excluding carboxylic acids is 2. The minimum absolute atomic E-state index is 0.151. The number of anilines is 2. The third kappa shape index (κ3) is 4.94. The molecule has 0 radical (unpaired) electrons. The molecule has 0 aliphatic carbocycles. The van der Waals surface area contributed by atoms with Gasteiger partial charge in [-0.1, -0.05) is 18.2 Å². The lowest BCUT2D eigenvalue weighted by atomic mass is 9.97. The van der Waals surface area contributed by atoms with Crippen molar-refractivity contribution < 1.29 is 23.8 Å². The number of rotatable bonds is 6. The number of para-hydroxylation sites is 1. The van der Waals surface area contributed by atoms with Crippen LogP contribution < -0.4 is 24.8 Å². The molecule has 1 fully saturated rings. The number of urea groups is 1. The SMILES string of the molecule is COc1cc(NC(=O)C2CCCN(C(=O)Nc3ccccc3)C2)cc(OC)c1OC. The molecule has 0 aromatic heterocycles. The molecule has 8 heteroatoms. The van der Waals surface area contributed by atoms with Crippen LogP contribution in [0, 0.1) is 5.92 Å². The van der Waals surface area contributed by atoms with Gasteiger partial charge in [-0.3, -0.25) is 4.79 Å². The number of likely N-dealkylation sites (tertiary alicyclic amines) is 1. The highest BCUT2D eigenvalue weighted by atomic mass is 16.5. The Kier molecular flexibility index (Phi) is 7.00. The number of amides is 3. The summed E-state index contributed by atoms with van der Waals surface area (Å²) in [5.41, 5.74) is 1.27. The van der Waals surface area contributed by atoms with Crippen LogP contribution in [0.3, 0.4) is 0 Å². The Balaban J connectivity index is 1.66. The normalized spacial score (nSPS) is 15.8. The Hall–Kier alpha value is -3.42. The average molecular weight is 413 g/mol. The Labute approximate surface area is 176 Å². The van der Waals surface area contributed by atoms with E-state index in [1.54, 1.807) is 17.0 Å². The molecule has 1 saturated heterocycles. The minimum atomic E-state index is -0.306. The van der Waals surface area contributed by atoms with Crippen molar-refractivity contribution in [2.75, 3.05) is 45.1 Å². The molecule has 2 aromatic carbocycles. The first-order chi connectivity index (χ1) is 14.5. The van der Waals surface area contributed by atoms with Gasteiger partial charge >= 0.3 is 6.03 Å². The highest BCUT2D eigenvalue weighted by molar-refractivity contribution is 5.94. The molecule has 1 atom stereocenters. The van der Waals surface area contributed by atoms with Crippen LogP contribution in [-0.4, -0.2) is 51.3 Å². The van der Waals surface area contributed by atoms with Crippen molar-refractivity contribution in [3.8, 4) is 17.2 Å². The lowest BCUT2D eigenvalue weighted by molar-refractivity contribution is -0.121. The van der Waals surface area contributed by atoms with E-state index in [0.717, 1.165) is 12.1 Å². The molecular weight excluding hydrogens is 386 g/mol. The van der Waals surface area contributed by atoms with Crippen LogP contribution >= 0.6 is 0 Å². The summed E-state index contributed by atoms with van der Waals surface area (Å²) in [6.45, 7) is 0.974. The summed E-state index contributed by atoms with van der Waals surface area (Å²) in [5, 5.41) is 5.78. The molecular formula is C22H27N3O5. The molecule has 2 N–H and O–H groups in total. The second-order valence-corrected chi connectivity index (χ2v) is 6.98. The van der Waals surface area contributed by atoms with E-state index >= 15 is 0 Å². The summed E-state index contributed by atoms with van der Waals surface area (Å²) >= 11 is 0. The molecule has 30 heavy (non-hydrogen) atoms. The lowest BCUT2D eigenvalue weighted by Gasteiger charge is -2.32. The number of methoxy groups -OCH3 is 3. The van der Waals surface area contributed by atoms with E-state index in [9.17, 15) is 9.59 Å². The van der Waals surface area contributed by atoms with Gasteiger partial charge in [0.1, 0.15) is 0 Å². The van der Waals surface area contributed by atoms with Crippen molar-refractivity contribution in [3.63, 3.8) is 0 Å². The van der Waals surface area contributed by atoms with E-state index in [2.05, 4.69) is 10.6 Å². The van der Waals surface area contributed by atoms with Crippen LogP contribution in [0.5, 0.6) is 17.2 Å². The maximum Gasteiger partial charge on any atom is 0.321 e. The van der Waals surface area contributed by atoms with E-state index in [1.807, 2.05) is 30.3 Å². The number of ether oxygens (including phenoxy) is 3. The fourth-order valence-electron chi connectivity index (χ4n) is 3.50. The van der Waals surface area contributed by atoms with E-state index in [4.69, 9.17) is 14.2 Å². The number of carbonyl (C=O) groups is 2. The second kappa shape index (κ2) is 9.87. The Morgan fingerprint density at radius 2 is 1.60 bits per heavy atom. The third-order valence-electron chi connectivity index (χ3n) is 5.04. The maximum atomic E-state index is 12.9. The summed E-state index contributed by atoms with van der Waals surface area (Å²) in [7, 11) is 4.57. The van der Waals surface area contributed by atoms with Crippen molar-refractivity contribution in [1.82, 2.24) is 4.90 Å². The topological polar surface area (TPSA) is 89.1 Å². The molecule has 1 heterocycles. The van der Waals surface area contributed by atoms with Gasteiger partial charge in [-0.25, -0.2) is 4.79 Å². The number of hydrogen-bond acceptors (Lipinski definition) is 5. The van der Waals surface area contributed by atoms with E-state index < -0.39 is 0 Å². The molecule has 1 aliphatic heterocycles. The first-order valence-electron chi connectivity index (χ1n) is 9.77. The predicted molar refractivity (Wildman–Crippen MR) is 114 cm³/mol. The minimum Gasteiger partial charge on any atom is -0.493 e. The smallest absolute Gasteiger partial charge is 0.321 e. The van der Waals surface area contributed by atoms with Crippen molar-refractivity contribution >= 4 is 23.3 Å². The summed E-state index contributed by atoms with van der Waals surface area (Å²) in [6, 6.07) is 12.4. The zero-order valence-corrected chi connectivity index (χ0v) is 17.4. The molecule has 3 rings (SSSR count). The van der Waals surface area contributed by atoms with Gasteiger partial charge in [0.25, 0.3) is 0 Å². The van der Waals surface area contributed by atoms with Gasteiger partial charge in [-0.15, -0.1) is 0 Å². The van der Waals surface area contributed by atoms with Crippen molar-refractivity contribution in [1.29, 1.82) is 0 Å². The number of nitrogens with zero attached hydrogens (tertiary/aromatic N) is 1. The fourth-order valence-corrected chi connectivity index (χ4v) is 3.50. The van der Waals surface area contributed by atoms with E-state index in [-0.39, 0.29) is 17.9 Å². The molecule has 8 nitrogen and oxygen atoms in total. The first kappa shape index (κ1) is 21.3. The Morgan fingerprint density at radius 3 is 2.20 bits per heavy atom. The predicted octanol–water partition coefficient (Wildman–Crippen LogP) is 3.60. The van der Waals surface area contributed by atoms with Gasteiger partial charge < -0.3 is 29.7 Å². The molecule has 1 aliphatic rings. The van der Waals surface area contributed by atoms with E-state index in [1.165, 1.54) is 21.3 Å². The van der Waals surface area contributed by atoms with Crippen LogP contribution in [0.25, 0.3) is 0 Å². The van der Waals surface area contributed by atoms with E-state index in [0.29, 0.717) is 42.4 Å². The highest BCUT2D eigenvalue weighted by Gasteiger charge is 2.29. The summed E-state index contributed by atoms with van der Waals surface area (Å²) in [6.07, 6.45) is 1.47. The van der Waals surface area contributed by atoms with Gasteiger partial charge in [-0.05, 0) is 25.0 Å². The third-order valence-corrected chi connectivity index (χ3v) is 5.04. The maximum absolute atomic E-state index is 12.9. The Bertz CT molecular complexity index is 863. The van der Waals surface area contributed by atoms with Crippen molar-refractivity contribution in [3.05, 3.63) is 42.5 Å². The summed E-state index contributed by atoms with van der Waals surface area (Å²) in [4.78, 5) is 27.1. The zero-order valence-electron chi connectivity index (χ0n) is 17.4. The molecule has 0 spiro atoms. The Morgan fingerprint density at radius 1 is 0.933 bits per heavy atom. The number of piperidine rings is 1. The largest absolute Gasteiger partial charge is 0.493 e. The van der Waals surface area contributed by atoms with Crippen molar-refractivity contribution in [2.45, 2.75) is 12.8 Å². The summed E-state index contributed by atoms with van der Waals surface area (Å²) < 4.78 is 16.0. The van der Waals surface area contributed by atoms with Gasteiger partial charge in [-0.2, -0.15) is 0 Å². The molecule has 3 amide bonds. The van der Waals surface area contributed by atoms with Gasteiger partial charge in [0.2, 0.25) is 11.7 Å².